The zero-order valence-corrected chi connectivity index (χ0v) is 11.2. The fourth-order valence-electron chi connectivity index (χ4n) is 2.08. The van der Waals surface area contributed by atoms with Crippen molar-refractivity contribution in [1.82, 2.24) is 5.32 Å². The number of rotatable bonds is 8. The predicted molar refractivity (Wildman–Crippen MR) is 76.4 cm³/mol. The van der Waals surface area contributed by atoms with Crippen LogP contribution < -0.4 is 5.32 Å². The molecule has 0 radical (unpaired) electrons. The Hall–Kier alpha value is -1.08. The fourth-order valence-corrected chi connectivity index (χ4v) is 2.08. The molecule has 0 aliphatic carbocycles. The van der Waals surface area contributed by atoms with Crippen molar-refractivity contribution in [3.05, 3.63) is 48.0 Å². The van der Waals surface area contributed by atoms with Gasteiger partial charge in [0, 0.05) is 6.04 Å². The highest BCUT2D eigenvalue weighted by atomic mass is 14.9. The standard InChI is InChI=1S/C16H25N/c1-4-6-7-8-16(17-5-2)13-15-11-9-14(3)10-12-15/h4,9-12,16-17H,1,5-8,13H2,2-3H3. The lowest BCUT2D eigenvalue weighted by molar-refractivity contribution is 0.478. The summed E-state index contributed by atoms with van der Waals surface area (Å²) >= 11 is 0. The van der Waals surface area contributed by atoms with Gasteiger partial charge in [0.15, 0.2) is 0 Å². The molecule has 0 saturated heterocycles. The number of allylic oxidation sites excluding steroid dienone is 1. The quantitative estimate of drug-likeness (QED) is 0.529. The summed E-state index contributed by atoms with van der Waals surface area (Å²) in [6.07, 6.45) is 6.72. The van der Waals surface area contributed by atoms with Gasteiger partial charge in [-0.15, -0.1) is 6.58 Å². The van der Waals surface area contributed by atoms with E-state index in [4.69, 9.17) is 0 Å². The van der Waals surface area contributed by atoms with E-state index >= 15 is 0 Å². The van der Waals surface area contributed by atoms with Crippen LogP contribution >= 0.6 is 0 Å². The van der Waals surface area contributed by atoms with E-state index in [1.807, 2.05) is 6.08 Å². The van der Waals surface area contributed by atoms with Crippen molar-refractivity contribution in [3.63, 3.8) is 0 Å². The van der Waals surface area contributed by atoms with Crippen LogP contribution in [-0.4, -0.2) is 12.6 Å². The lowest BCUT2D eigenvalue weighted by Gasteiger charge is -2.17. The molecule has 0 aromatic heterocycles. The number of nitrogens with one attached hydrogen (secondary N) is 1. The molecule has 0 heterocycles. The molecule has 1 aromatic rings. The first-order valence-corrected chi connectivity index (χ1v) is 6.66. The van der Waals surface area contributed by atoms with Gasteiger partial charge < -0.3 is 5.32 Å². The molecule has 0 fully saturated rings. The summed E-state index contributed by atoms with van der Waals surface area (Å²) < 4.78 is 0. The lowest BCUT2D eigenvalue weighted by atomic mass is 10.00. The van der Waals surface area contributed by atoms with Crippen LogP contribution in [-0.2, 0) is 6.42 Å². The predicted octanol–water partition coefficient (Wildman–Crippen LogP) is 3.87. The molecule has 1 aromatic carbocycles. The van der Waals surface area contributed by atoms with Crippen LogP contribution in [0.15, 0.2) is 36.9 Å². The van der Waals surface area contributed by atoms with Gasteiger partial charge in [-0.25, -0.2) is 0 Å². The Morgan fingerprint density at radius 1 is 1.29 bits per heavy atom. The summed E-state index contributed by atoms with van der Waals surface area (Å²) in [5, 5.41) is 3.57. The average molecular weight is 231 g/mol. The molecule has 0 bridgehead atoms. The van der Waals surface area contributed by atoms with Crippen LogP contribution in [0.4, 0.5) is 0 Å². The molecule has 0 aliphatic rings. The summed E-state index contributed by atoms with van der Waals surface area (Å²) in [6, 6.07) is 9.48. The van der Waals surface area contributed by atoms with Crippen molar-refractivity contribution in [2.45, 2.75) is 45.6 Å². The Labute approximate surface area is 106 Å². The molecule has 1 atom stereocenters. The minimum atomic E-state index is 0.600. The summed E-state index contributed by atoms with van der Waals surface area (Å²) in [5.41, 5.74) is 2.76. The van der Waals surface area contributed by atoms with Gasteiger partial charge in [-0.1, -0.05) is 42.8 Å². The van der Waals surface area contributed by atoms with Crippen LogP contribution in [0.25, 0.3) is 0 Å². The molecule has 0 amide bonds. The third kappa shape index (κ3) is 5.69. The van der Waals surface area contributed by atoms with Gasteiger partial charge in [0.05, 0.1) is 0 Å². The minimum Gasteiger partial charge on any atom is -0.314 e. The van der Waals surface area contributed by atoms with Crippen molar-refractivity contribution in [1.29, 1.82) is 0 Å². The first kappa shape index (κ1) is 14.0. The summed E-state index contributed by atoms with van der Waals surface area (Å²) in [5.74, 6) is 0. The first-order valence-electron chi connectivity index (χ1n) is 6.66. The molecular formula is C16H25N. The third-order valence-electron chi connectivity index (χ3n) is 3.06. The molecule has 1 nitrogen and oxygen atoms in total. The average Bonchev–Trinajstić information content (AvgIpc) is 2.32. The Kier molecular flexibility index (Phi) is 6.64. The highest BCUT2D eigenvalue weighted by Gasteiger charge is 2.07. The van der Waals surface area contributed by atoms with E-state index in [9.17, 15) is 0 Å². The number of benzene rings is 1. The Morgan fingerprint density at radius 3 is 2.59 bits per heavy atom. The summed E-state index contributed by atoms with van der Waals surface area (Å²) in [4.78, 5) is 0. The van der Waals surface area contributed by atoms with E-state index in [0.29, 0.717) is 6.04 Å². The smallest absolute Gasteiger partial charge is 0.0107 e. The van der Waals surface area contributed by atoms with E-state index < -0.39 is 0 Å². The van der Waals surface area contributed by atoms with Crippen molar-refractivity contribution in [2.75, 3.05) is 6.54 Å². The van der Waals surface area contributed by atoms with Crippen molar-refractivity contribution >= 4 is 0 Å². The number of unbranched alkanes of at least 4 members (excludes halogenated alkanes) is 1. The monoisotopic (exact) mass is 231 g/mol. The second-order valence-corrected chi connectivity index (χ2v) is 4.66. The van der Waals surface area contributed by atoms with Gasteiger partial charge in [-0.3, -0.25) is 0 Å². The summed E-state index contributed by atoms with van der Waals surface area (Å²) in [6.45, 7) is 9.13. The van der Waals surface area contributed by atoms with Crippen LogP contribution in [0.5, 0.6) is 0 Å². The van der Waals surface area contributed by atoms with Gasteiger partial charge in [0.25, 0.3) is 0 Å². The van der Waals surface area contributed by atoms with Gasteiger partial charge in [-0.2, -0.15) is 0 Å². The fraction of sp³-hybridized carbons (Fsp3) is 0.500. The Morgan fingerprint density at radius 2 is 2.00 bits per heavy atom. The second-order valence-electron chi connectivity index (χ2n) is 4.66. The van der Waals surface area contributed by atoms with Gasteiger partial charge in [0.2, 0.25) is 0 Å². The SMILES string of the molecule is C=CCCCC(Cc1ccc(C)cc1)NCC. The number of hydrogen-bond donors (Lipinski definition) is 1. The lowest BCUT2D eigenvalue weighted by Crippen LogP contribution is -2.30. The molecule has 1 N–H and O–H groups in total. The van der Waals surface area contributed by atoms with E-state index in [-0.39, 0.29) is 0 Å². The largest absolute Gasteiger partial charge is 0.314 e. The molecule has 17 heavy (non-hydrogen) atoms. The van der Waals surface area contributed by atoms with E-state index in [2.05, 4.69) is 50.0 Å². The molecule has 0 aliphatic heterocycles. The maximum atomic E-state index is 3.78. The van der Waals surface area contributed by atoms with E-state index in [1.54, 1.807) is 0 Å². The Bertz CT molecular complexity index is 313. The Balaban J connectivity index is 2.47. The van der Waals surface area contributed by atoms with Crippen LogP contribution in [0, 0.1) is 6.92 Å². The van der Waals surface area contributed by atoms with Crippen molar-refractivity contribution < 1.29 is 0 Å². The molecular weight excluding hydrogens is 206 g/mol. The maximum absolute atomic E-state index is 3.78. The highest BCUT2D eigenvalue weighted by Crippen LogP contribution is 2.10. The van der Waals surface area contributed by atoms with Crippen molar-refractivity contribution in [3.8, 4) is 0 Å². The normalized spacial score (nSPS) is 12.4. The van der Waals surface area contributed by atoms with Gasteiger partial charge in [-0.05, 0) is 44.7 Å². The zero-order chi connectivity index (χ0) is 12.5. The van der Waals surface area contributed by atoms with Crippen molar-refractivity contribution in [2.24, 2.45) is 0 Å². The van der Waals surface area contributed by atoms with Crippen LogP contribution in [0.1, 0.15) is 37.3 Å². The molecule has 1 heteroatoms. The number of hydrogen-bond acceptors (Lipinski definition) is 1. The van der Waals surface area contributed by atoms with E-state index in [1.165, 1.54) is 24.0 Å². The number of aryl methyl sites for hydroxylation is 1. The zero-order valence-electron chi connectivity index (χ0n) is 11.2. The third-order valence-corrected chi connectivity index (χ3v) is 3.06. The molecule has 1 rings (SSSR count). The van der Waals surface area contributed by atoms with Gasteiger partial charge >= 0.3 is 0 Å². The van der Waals surface area contributed by atoms with Gasteiger partial charge in [0.1, 0.15) is 0 Å². The molecule has 0 saturated carbocycles. The molecule has 94 valence electrons. The molecule has 0 spiro atoms. The van der Waals surface area contributed by atoms with Crippen LogP contribution in [0.2, 0.25) is 0 Å². The molecule has 1 unspecified atom stereocenters. The maximum Gasteiger partial charge on any atom is 0.0107 e. The topological polar surface area (TPSA) is 12.0 Å². The van der Waals surface area contributed by atoms with Crippen LogP contribution in [0.3, 0.4) is 0 Å². The first-order chi connectivity index (χ1) is 8.26. The minimum absolute atomic E-state index is 0.600. The van der Waals surface area contributed by atoms with E-state index in [0.717, 1.165) is 19.4 Å². The number of likely N-dealkylation sites (N-methyl/N-ethyl adjacent to an activating group) is 1. The second kappa shape index (κ2) is 8.08. The summed E-state index contributed by atoms with van der Waals surface area (Å²) in [7, 11) is 0. The highest BCUT2D eigenvalue weighted by molar-refractivity contribution is 5.22.